The Bertz CT molecular complexity index is 545. The number of ether oxygens (including phenoxy) is 3. The summed E-state index contributed by atoms with van der Waals surface area (Å²) in [6, 6.07) is 5.82. The third-order valence-electron chi connectivity index (χ3n) is 4.39. The molecule has 5 heteroatoms. The summed E-state index contributed by atoms with van der Waals surface area (Å²) in [5.74, 6) is 1.62. The Balaban J connectivity index is 1.96. The lowest BCUT2D eigenvalue weighted by atomic mass is 9.86. The molecule has 0 aromatic heterocycles. The number of aliphatic hydroxyl groups excluding tert-OH is 1. The number of aliphatic hydroxyl groups is 1. The largest absolute Gasteiger partial charge is 0.497 e. The highest BCUT2D eigenvalue weighted by atomic mass is 16.5. The van der Waals surface area contributed by atoms with Crippen molar-refractivity contribution in [1.29, 1.82) is 0 Å². The summed E-state index contributed by atoms with van der Waals surface area (Å²) in [5, 5.41) is 10.4. The highest BCUT2D eigenvalue weighted by molar-refractivity contribution is 5.44. The average molecular weight is 351 g/mol. The number of rotatable bonds is 6. The molecule has 1 heterocycles. The van der Waals surface area contributed by atoms with E-state index in [-0.39, 0.29) is 24.2 Å². The molecule has 0 spiro atoms. The zero-order valence-corrected chi connectivity index (χ0v) is 16.4. The van der Waals surface area contributed by atoms with E-state index in [9.17, 15) is 5.11 Å². The number of β-amino-alcohol motifs (C(OH)–C–C–N with tert-alkyl or cyclic N) is 1. The second kappa shape index (κ2) is 8.39. The van der Waals surface area contributed by atoms with Crippen molar-refractivity contribution in [2.24, 2.45) is 0 Å². The highest BCUT2D eigenvalue weighted by Gasteiger charge is 2.25. The molecule has 1 aliphatic rings. The third-order valence-corrected chi connectivity index (χ3v) is 4.39. The lowest BCUT2D eigenvalue weighted by Gasteiger charge is -2.36. The minimum Gasteiger partial charge on any atom is -0.497 e. The standard InChI is InChI=1S/C20H33NO4/c1-14-10-21(11-15(2)25-14)12-16(22)13-24-19-8-7-17(23-6)9-18(19)20(3,4)5/h7-9,14-16,22H,10-13H2,1-6H3/t14-,15-,16+/m1/s1. The first-order chi connectivity index (χ1) is 11.7. The topological polar surface area (TPSA) is 51.2 Å². The third kappa shape index (κ3) is 5.87. The molecule has 0 aliphatic carbocycles. The van der Waals surface area contributed by atoms with E-state index >= 15 is 0 Å². The molecule has 1 saturated heterocycles. The highest BCUT2D eigenvalue weighted by Crippen LogP contribution is 2.34. The van der Waals surface area contributed by atoms with Gasteiger partial charge in [0, 0.05) is 25.2 Å². The first-order valence-corrected chi connectivity index (χ1v) is 9.06. The summed E-state index contributed by atoms with van der Waals surface area (Å²) in [6.07, 6.45) is -0.135. The van der Waals surface area contributed by atoms with Crippen molar-refractivity contribution in [1.82, 2.24) is 4.90 Å². The van der Waals surface area contributed by atoms with Crippen LogP contribution in [-0.4, -0.2) is 61.7 Å². The van der Waals surface area contributed by atoms with Gasteiger partial charge in [0.1, 0.15) is 24.2 Å². The van der Waals surface area contributed by atoms with Gasteiger partial charge in [-0.2, -0.15) is 0 Å². The molecule has 5 nitrogen and oxygen atoms in total. The van der Waals surface area contributed by atoms with Crippen molar-refractivity contribution in [2.45, 2.75) is 58.3 Å². The number of benzene rings is 1. The van der Waals surface area contributed by atoms with E-state index in [0.29, 0.717) is 6.54 Å². The van der Waals surface area contributed by atoms with Gasteiger partial charge in [-0.3, -0.25) is 4.90 Å². The summed E-state index contributed by atoms with van der Waals surface area (Å²) in [7, 11) is 1.66. The SMILES string of the molecule is COc1ccc(OC[C@@H](O)CN2C[C@@H](C)O[C@H](C)C2)c(C(C)(C)C)c1. The predicted molar refractivity (Wildman–Crippen MR) is 99.6 cm³/mol. The van der Waals surface area contributed by atoms with Crippen molar-refractivity contribution in [2.75, 3.05) is 33.4 Å². The van der Waals surface area contributed by atoms with Crippen molar-refractivity contribution >= 4 is 0 Å². The van der Waals surface area contributed by atoms with Crippen molar-refractivity contribution in [3.05, 3.63) is 23.8 Å². The van der Waals surface area contributed by atoms with Crippen LogP contribution >= 0.6 is 0 Å². The molecule has 25 heavy (non-hydrogen) atoms. The Morgan fingerprint density at radius 3 is 2.44 bits per heavy atom. The normalized spacial score (nSPS) is 23.3. The van der Waals surface area contributed by atoms with Gasteiger partial charge in [-0.15, -0.1) is 0 Å². The number of hydrogen-bond donors (Lipinski definition) is 1. The first-order valence-electron chi connectivity index (χ1n) is 9.06. The van der Waals surface area contributed by atoms with Crippen molar-refractivity contribution in [3.8, 4) is 11.5 Å². The fraction of sp³-hybridized carbons (Fsp3) is 0.700. The summed E-state index contributed by atoms with van der Waals surface area (Å²) in [5.41, 5.74) is 1.01. The van der Waals surface area contributed by atoms with E-state index in [0.717, 1.165) is 30.2 Å². The monoisotopic (exact) mass is 351 g/mol. The Morgan fingerprint density at radius 2 is 1.88 bits per heavy atom. The van der Waals surface area contributed by atoms with Gasteiger partial charge < -0.3 is 19.3 Å². The lowest BCUT2D eigenvalue weighted by Crippen LogP contribution is -2.48. The van der Waals surface area contributed by atoms with Gasteiger partial charge in [0.15, 0.2) is 0 Å². The van der Waals surface area contributed by atoms with E-state index in [1.54, 1.807) is 7.11 Å². The maximum Gasteiger partial charge on any atom is 0.123 e. The molecule has 0 amide bonds. The fourth-order valence-corrected chi connectivity index (χ4v) is 3.32. The Morgan fingerprint density at radius 1 is 1.24 bits per heavy atom. The van der Waals surface area contributed by atoms with E-state index in [1.807, 2.05) is 18.2 Å². The maximum absolute atomic E-state index is 10.4. The van der Waals surface area contributed by atoms with Gasteiger partial charge in [0.05, 0.1) is 19.3 Å². The van der Waals surface area contributed by atoms with Crippen LogP contribution in [0.2, 0.25) is 0 Å². The molecular formula is C20H33NO4. The van der Waals surface area contributed by atoms with Gasteiger partial charge in [0.2, 0.25) is 0 Å². The number of nitrogens with zero attached hydrogens (tertiary/aromatic N) is 1. The summed E-state index contributed by atoms with van der Waals surface area (Å²) in [4.78, 5) is 2.24. The molecule has 2 rings (SSSR count). The quantitative estimate of drug-likeness (QED) is 0.854. The van der Waals surface area contributed by atoms with Crippen LogP contribution in [0.3, 0.4) is 0 Å². The van der Waals surface area contributed by atoms with Gasteiger partial charge >= 0.3 is 0 Å². The average Bonchev–Trinajstić information content (AvgIpc) is 2.50. The lowest BCUT2D eigenvalue weighted by molar-refractivity contribution is -0.0787. The zero-order chi connectivity index (χ0) is 18.6. The van der Waals surface area contributed by atoms with E-state index in [4.69, 9.17) is 14.2 Å². The zero-order valence-electron chi connectivity index (χ0n) is 16.4. The van der Waals surface area contributed by atoms with Gasteiger partial charge in [-0.25, -0.2) is 0 Å². The number of morpholine rings is 1. The van der Waals surface area contributed by atoms with E-state index < -0.39 is 6.10 Å². The minimum atomic E-state index is -0.535. The van der Waals surface area contributed by atoms with Gasteiger partial charge in [-0.1, -0.05) is 20.8 Å². The number of hydrogen-bond acceptors (Lipinski definition) is 5. The Kier molecular flexibility index (Phi) is 6.72. The van der Waals surface area contributed by atoms with Crippen LogP contribution in [0.4, 0.5) is 0 Å². The molecular weight excluding hydrogens is 318 g/mol. The molecule has 0 radical (unpaired) electrons. The van der Waals surface area contributed by atoms with Crippen LogP contribution in [0.25, 0.3) is 0 Å². The Hall–Kier alpha value is -1.30. The second-order valence-corrected chi connectivity index (χ2v) is 8.05. The molecule has 0 saturated carbocycles. The number of methoxy groups -OCH3 is 1. The molecule has 142 valence electrons. The van der Waals surface area contributed by atoms with Crippen LogP contribution in [-0.2, 0) is 10.2 Å². The van der Waals surface area contributed by atoms with Crippen LogP contribution in [0, 0.1) is 0 Å². The first kappa shape index (κ1) is 20.0. The van der Waals surface area contributed by atoms with Crippen LogP contribution in [0.5, 0.6) is 11.5 Å². The molecule has 1 aliphatic heterocycles. The van der Waals surface area contributed by atoms with Crippen molar-refractivity contribution in [3.63, 3.8) is 0 Å². The van der Waals surface area contributed by atoms with E-state index in [1.165, 1.54) is 0 Å². The summed E-state index contributed by atoms with van der Waals surface area (Å²) in [6.45, 7) is 13.1. The van der Waals surface area contributed by atoms with Crippen LogP contribution in [0.1, 0.15) is 40.2 Å². The van der Waals surface area contributed by atoms with Crippen LogP contribution in [0.15, 0.2) is 18.2 Å². The van der Waals surface area contributed by atoms with E-state index in [2.05, 4.69) is 39.5 Å². The van der Waals surface area contributed by atoms with Gasteiger partial charge in [-0.05, 0) is 37.5 Å². The molecule has 0 bridgehead atoms. The molecule has 3 atom stereocenters. The van der Waals surface area contributed by atoms with Crippen LogP contribution < -0.4 is 9.47 Å². The van der Waals surface area contributed by atoms with Crippen molar-refractivity contribution < 1.29 is 19.3 Å². The fourth-order valence-electron chi connectivity index (χ4n) is 3.32. The molecule has 1 aromatic rings. The molecule has 1 aromatic carbocycles. The molecule has 1 fully saturated rings. The smallest absolute Gasteiger partial charge is 0.123 e. The van der Waals surface area contributed by atoms with Gasteiger partial charge in [0.25, 0.3) is 0 Å². The maximum atomic E-state index is 10.4. The summed E-state index contributed by atoms with van der Waals surface area (Å²) >= 11 is 0. The predicted octanol–water partition coefficient (Wildman–Crippen LogP) is 2.84. The molecule has 0 unspecified atom stereocenters. The Labute approximate surface area is 151 Å². The second-order valence-electron chi connectivity index (χ2n) is 8.05. The minimum absolute atomic E-state index is 0.0656. The molecule has 1 N–H and O–H groups in total. The summed E-state index contributed by atoms with van der Waals surface area (Å²) < 4.78 is 17.0.